The third-order valence-corrected chi connectivity index (χ3v) is 6.21. The number of para-hydroxylation sites is 2. The number of rotatable bonds is 6. The van der Waals surface area contributed by atoms with E-state index in [1.165, 1.54) is 42.6 Å². The Morgan fingerprint density at radius 2 is 1.72 bits per heavy atom. The fourth-order valence-corrected chi connectivity index (χ4v) is 4.31. The summed E-state index contributed by atoms with van der Waals surface area (Å²) in [5, 5.41) is 16.8. The van der Waals surface area contributed by atoms with Crippen LogP contribution in [0.25, 0.3) is 22.3 Å². The summed E-state index contributed by atoms with van der Waals surface area (Å²) in [7, 11) is 0. The lowest BCUT2D eigenvalue weighted by molar-refractivity contribution is -0.385. The summed E-state index contributed by atoms with van der Waals surface area (Å²) in [6.45, 7) is 0. The lowest BCUT2D eigenvalue weighted by Gasteiger charge is -2.11. The van der Waals surface area contributed by atoms with Crippen molar-refractivity contribution in [2.45, 2.75) is 0 Å². The van der Waals surface area contributed by atoms with E-state index in [2.05, 4.69) is 10.1 Å². The first kappa shape index (κ1) is 25.8. The van der Waals surface area contributed by atoms with Crippen molar-refractivity contribution in [1.29, 1.82) is 0 Å². The molecule has 0 aliphatic heterocycles. The Hall–Kier alpha value is -4.86. The van der Waals surface area contributed by atoms with E-state index in [-0.39, 0.29) is 27.7 Å². The quantitative estimate of drug-likeness (QED) is 0.0784. The highest BCUT2D eigenvalue weighted by Crippen LogP contribution is 2.32. The Bertz CT molecular complexity index is 1840. The number of hydrogen-bond donors (Lipinski definition) is 0. The van der Waals surface area contributed by atoms with Crippen molar-refractivity contribution < 1.29 is 14.5 Å². The van der Waals surface area contributed by atoms with Gasteiger partial charge < -0.3 is 4.74 Å². The Morgan fingerprint density at radius 1 is 0.974 bits per heavy atom. The highest BCUT2D eigenvalue weighted by atomic mass is 35.5. The van der Waals surface area contributed by atoms with Crippen LogP contribution in [0.1, 0.15) is 15.9 Å². The Balaban J connectivity index is 1.64. The van der Waals surface area contributed by atoms with Crippen LogP contribution in [0, 0.1) is 10.1 Å². The number of carbonyl (C=O) groups is 1. The van der Waals surface area contributed by atoms with Gasteiger partial charge in [0.15, 0.2) is 5.82 Å². The monoisotopic (exact) mass is 558 g/mol. The largest absolute Gasteiger partial charge is 0.415 e. The molecule has 0 N–H and O–H groups in total. The van der Waals surface area contributed by atoms with Crippen molar-refractivity contribution in [2.24, 2.45) is 5.10 Å². The number of ether oxygens (including phenoxy) is 1. The molecule has 11 heteroatoms. The smallest absolute Gasteiger partial charge is 0.345 e. The van der Waals surface area contributed by atoms with Gasteiger partial charge in [-0.2, -0.15) is 9.78 Å². The Labute approximate surface area is 230 Å². The molecule has 1 aromatic heterocycles. The van der Waals surface area contributed by atoms with Crippen molar-refractivity contribution in [1.82, 2.24) is 9.66 Å². The molecule has 0 saturated carbocycles. The van der Waals surface area contributed by atoms with Crippen LogP contribution in [0.3, 0.4) is 0 Å². The zero-order valence-electron chi connectivity index (χ0n) is 19.8. The molecule has 9 nitrogen and oxygen atoms in total. The molecule has 39 heavy (non-hydrogen) atoms. The Morgan fingerprint density at radius 3 is 2.46 bits per heavy atom. The number of fused-ring (bicyclic) bond motifs is 1. The van der Waals surface area contributed by atoms with E-state index in [4.69, 9.17) is 27.9 Å². The molecule has 0 radical (unpaired) electrons. The third kappa shape index (κ3) is 5.26. The topological polar surface area (TPSA) is 117 Å². The van der Waals surface area contributed by atoms with Gasteiger partial charge in [0.1, 0.15) is 0 Å². The van der Waals surface area contributed by atoms with Crippen molar-refractivity contribution in [3.63, 3.8) is 0 Å². The number of halogens is 2. The molecule has 1 heterocycles. The van der Waals surface area contributed by atoms with E-state index in [1.54, 1.807) is 48.5 Å². The maximum Gasteiger partial charge on any atom is 0.345 e. The second-order valence-corrected chi connectivity index (χ2v) is 8.99. The number of esters is 1. The summed E-state index contributed by atoms with van der Waals surface area (Å²) >= 11 is 12.0. The number of aromatic nitrogens is 2. The normalized spacial score (nSPS) is 11.1. The second-order valence-electron chi connectivity index (χ2n) is 8.15. The van der Waals surface area contributed by atoms with Crippen molar-refractivity contribution in [3.05, 3.63) is 133 Å². The molecule has 5 aromatic rings. The molecule has 192 valence electrons. The number of nitrogens with zero attached hydrogens (tertiary/aromatic N) is 4. The minimum Gasteiger partial charge on any atom is -0.415 e. The number of carbonyl (C=O) groups excluding carboxylic acids is 1. The van der Waals surface area contributed by atoms with Crippen LogP contribution >= 0.6 is 23.2 Å². The van der Waals surface area contributed by atoms with Crippen LogP contribution < -0.4 is 10.3 Å². The van der Waals surface area contributed by atoms with Gasteiger partial charge in [0.05, 0.1) is 32.6 Å². The number of hydrogen-bond acceptors (Lipinski definition) is 7. The van der Waals surface area contributed by atoms with E-state index in [0.717, 1.165) is 4.68 Å². The summed E-state index contributed by atoms with van der Waals surface area (Å²) in [6.07, 6.45) is 1.20. The van der Waals surface area contributed by atoms with Crippen LogP contribution in [-0.2, 0) is 0 Å². The summed E-state index contributed by atoms with van der Waals surface area (Å²) in [4.78, 5) is 42.0. The molecule has 0 bridgehead atoms. The van der Waals surface area contributed by atoms with Gasteiger partial charge in [-0.3, -0.25) is 14.9 Å². The lowest BCUT2D eigenvalue weighted by Crippen LogP contribution is -2.20. The summed E-state index contributed by atoms with van der Waals surface area (Å²) in [5.74, 6) is -1.05. The highest BCUT2D eigenvalue weighted by molar-refractivity contribution is 6.36. The van der Waals surface area contributed by atoms with Gasteiger partial charge in [0.2, 0.25) is 5.75 Å². The first-order valence-corrected chi connectivity index (χ1v) is 12.2. The SMILES string of the molecule is O=C(Oc1c(C=Nn2c(-c3ccccc3)nc3ccccc3c2=O)cccc1[N+](=O)[O-])c1ccc(Cl)cc1Cl. The molecule has 0 unspecified atom stereocenters. The van der Waals surface area contributed by atoms with Crippen molar-refractivity contribution in [3.8, 4) is 17.1 Å². The van der Waals surface area contributed by atoms with E-state index in [1.807, 2.05) is 6.07 Å². The van der Waals surface area contributed by atoms with E-state index in [9.17, 15) is 19.7 Å². The highest BCUT2D eigenvalue weighted by Gasteiger charge is 2.23. The maximum absolute atomic E-state index is 13.4. The summed E-state index contributed by atoms with van der Waals surface area (Å²) < 4.78 is 6.54. The fraction of sp³-hybridized carbons (Fsp3) is 0. The van der Waals surface area contributed by atoms with Crippen LogP contribution in [-0.4, -0.2) is 26.8 Å². The van der Waals surface area contributed by atoms with E-state index < -0.39 is 22.1 Å². The van der Waals surface area contributed by atoms with Crippen molar-refractivity contribution in [2.75, 3.05) is 0 Å². The number of nitro groups is 1. The van der Waals surface area contributed by atoms with Gasteiger partial charge in [0, 0.05) is 22.2 Å². The molecule has 0 fully saturated rings. The van der Waals surface area contributed by atoms with Crippen LogP contribution in [0.2, 0.25) is 10.0 Å². The molecule has 4 aromatic carbocycles. The third-order valence-electron chi connectivity index (χ3n) is 5.67. The minimum atomic E-state index is -0.935. The molecule has 0 aliphatic rings. The predicted molar refractivity (Wildman–Crippen MR) is 149 cm³/mol. The molecular formula is C28H16Cl2N4O5. The second kappa shape index (κ2) is 10.9. The van der Waals surface area contributed by atoms with Crippen LogP contribution in [0.15, 0.2) is 101 Å². The minimum absolute atomic E-state index is 0.0163. The summed E-state index contributed by atoms with van der Waals surface area (Å²) in [6, 6.07) is 24.0. The van der Waals surface area contributed by atoms with Gasteiger partial charge >= 0.3 is 11.7 Å². The van der Waals surface area contributed by atoms with Gasteiger partial charge in [-0.1, -0.05) is 71.7 Å². The number of nitro benzene ring substituents is 1. The Kier molecular flexibility index (Phi) is 7.18. The molecule has 5 rings (SSSR count). The van der Waals surface area contributed by atoms with E-state index in [0.29, 0.717) is 21.5 Å². The summed E-state index contributed by atoms with van der Waals surface area (Å²) in [5.41, 5.74) is 0.209. The first-order valence-electron chi connectivity index (χ1n) is 11.4. The maximum atomic E-state index is 13.4. The average molecular weight is 559 g/mol. The first-order chi connectivity index (χ1) is 18.8. The number of benzene rings is 4. The molecular weight excluding hydrogens is 543 g/mol. The molecule has 0 amide bonds. The average Bonchev–Trinajstić information content (AvgIpc) is 2.93. The van der Waals surface area contributed by atoms with E-state index >= 15 is 0 Å². The predicted octanol–water partition coefficient (Wildman–Crippen LogP) is 6.38. The van der Waals surface area contributed by atoms with Gasteiger partial charge in [-0.05, 0) is 36.4 Å². The molecule has 0 atom stereocenters. The van der Waals surface area contributed by atoms with Crippen molar-refractivity contribution >= 4 is 52.0 Å². The lowest BCUT2D eigenvalue weighted by atomic mass is 10.1. The fourth-order valence-electron chi connectivity index (χ4n) is 3.83. The van der Waals surface area contributed by atoms with Gasteiger partial charge in [-0.15, -0.1) is 0 Å². The molecule has 0 spiro atoms. The van der Waals surface area contributed by atoms with Gasteiger partial charge in [-0.25, -0.2) is 9.78 Å². The van der Waals surface area contributed by atoms with Crippen LogP contribution in [0.5, 0.6) is 5.75 Å². The van der Waals surface area contributed by atoms with Crippen LogP contribution in [0.4, 0.5) is 5.69 Å². The molecule has 0 aliphatic carbocycles. The van der Waals surface area contributed by atoms with Gasteiger partial charge in [0.25, 0.3) is 5.56 Å². The zero-order valence-corrected chi connectivity index (χ0v) is 21.3. The standard InChI is InChI=1S/C28H16Cl2N4O5/c29-19-13-14-20(22(30)15-19)28(36)39-25-18(9-6-12-24(25)34(37)38)16-31-33-26(17-7-2-1-3-8-17)32-23-11-5-4-10-21(23)27(33)35/h1-16H. The zero-order chi connectivity index (χ0) is 27.5. The molecule has 0 saturated heterocycles.